The van der Waals surface area contributed by atoms with Crippen LogP contribution < -0.4 is 5.73 Å². The Kier molecular flexibility index (Phi) is 2.13. The molecule has 0 saturated carbocycles. The smallest absolute Gasteiger partial charge is 0.179 e. The summed E-state index contributed by atoms with van der Waals surface area (Å²) in [6.45, 7) is 2.55. The molecule has 0 unspecified atom stereocenters. The standard InChI is InChI=1S/C10H13N3O/c1-7-8(4-5-11)12-10-9(14)3-2-6-13(7)10/h2-3,6,14H,4-5,11H2,1H3. The van der Waals surface area contributed by atoms with Crippen LogP contribution in [0, 0.1) is 6.92 Å². The molecule has 4 heteroatoms. The molecule has 2 rings (SSSR count). The Morgan fingerprint density at radius 1 is 1.57 bits per heavy atom. The SMILES string of the molecule is Cc1c(CCN)nc2c(O)cccn12. The van der Waals surface area contributed by atoms with E-state index in [0.717, 1.165) is 17.8 Å². The third-order valence-electron chi connectivity index (χ3n) is 2.35. The molecule has 2 aromatic heterocycles. The van der Waals surface area contributed by atoms with Crippen LogP contribution in [0.25, 0.3) is 5.65 Å². The molecule has 0 bridgehead atoms. The van der Waals surface area contributed by atoms with Gasteiger partial charge in [0.2, 0.25) is 0 Å². The fraction of sp³-hybridized carbons (Fsp3) is 0.300. The number of nitrogens with zero attached hydrogens (tertiary/aromatic N) is 2. The molecule has 0 aromatic carbocycles. The lowest BCUT2D eigenvalue weighted by molar-refractivity contribution is 0.477. The minimum Gasteiger partial charge on any atom is -0.504 e. The summed E-state index contributed by atoms with van der Waals surface area (Å²) in [6.07, 6.45) is 2.63. The molecular weight excluding hydrogens is 178 g/mol. The van der Waals surface area contributed by atoms with Crippen molar-refractivity contribution in [3.05, 3.63) is 29.7 Å². The van der Waals surface area contributed by atoms with Crippen LogP contribution in [0.2, 0.25) is 0 Å². The summed E-state index contributed by atoms with van der Waals surface area (Å²) in [4.78, 5) is 4.33. The maximum atomic E-state index is 9.56. The normalized spacial score (nSPS) is 11.0. The first-order valence-corrected chi connectivity index (χ1v) is 4.59. The number of aryl methyl sites for hydroxylation is 1. The molecule has 0 radical (unpaired) electrons. The molecule has 4 nitrogen and oxygen atoms in total. The summed E-state index contributed by atoms with van der Waals surface area (Å²) in [6, 6.07) is 3.43. The molecular formula is C10H13N3O. The van der Waals surface area contributed by atoms with Crippen molar-refractivity contribution in [1.82, 2.24) is 9.38 Å². The molecule has 0 spiro atoms. The summed E-state index contributed by atoms with van der Waals surface area (Å²) >= 11 is 0. The van der Waals surface area contributed by atoms with Crippen LogP contribution in [0.15, 0.2) is 18.3 Å². The predicted molar refractivity (Wildman–Crippen MR) is 54.4 cm³/mol. The third kappa shape index (κ3) is 1.24. The molecule has 0 aliphatic carbocycles. The van der Waals surface area contributed by atoms with Crippen LogP contribution >= 0.6 is 0 Å². The minimum atomic E-state index is 0.207. The lowest BCUT2D eigenvalue weighted by atomic mass is 10.2. The zero-order valence-corrected chi connectivity index (χ0v) is 8.07. The van der Waals surface area contributed by atoms with Crippen LogP contribution in [-0.4, -0.2) is 21.0 Å². The molecule has 0 aliphatic heterocycles. The lowest BCUT2D eigenvalue weighted by Gasteiger charge is -1.97. The summed E-state index contributed by atoms with van der Waals surface area (Å²) in [5, 5.41) is 9.56. The van der Waals surface area contributed by atoms with E-state index in [-0.39, 0.29) is 5.75 Å². The first-order valence-electron chi connectivity index (χ1n) is 4.59. The Bertz CT molecular complexity index is 462. The van der Waals surface area contributed by atoms with Crippen LogP contribution in [0.4, 0.5) is 0 Å². The highest BCUT2D eigenvalue weighted by Crippen LogP contribution is 2.20. The number of hydrogen-bond acceptors (Lipinski definition) is 3. The van der Waals surface area contributed by atoms with Crippen LogP contribution in [0.3, 0.4) is 0 Å². The van der Waals surface area contributed by atoms with Gasteiger partial charge in [0.05, 0.1) is 5.69 Å². The molecule has 0 saturated heterocycles. The third-order valence-corrected chi connectivity index (χ3v) is 2.35. The fourth-order valence-corrected chi connectivity index (χ4v) is 1.59. The van der Waals surface area contributed by atoms with Crippen LogP contribution in [0.1, 0.15) is 11.4 Å². The number of nitrogens with two attached hydrogens (primary N) is 1. The summed E-state index contributed by atoms with van der Waals surface area (Å²) in [5.74, 6) is 0.207. The number of pyridine rings is 1. The topological polar surface area (TPSA) is 63.5 Å². The van der Waals surface area contributed by atoms with Gasteiger partial charge in [-0.25, -0.2) is 4.98 Å². The summed E-state index contributed by atoms with van der Waals surface area (Å²) in [5.41, 5.74) is 8.08. The van der Waals surface area contributed by atoms with E-state index in [0.29, 0.717) is 12.2 Å². The van der Waals surface area contributed by atoms with E-state index in [1.165, 1.54) is 0 Å². The van der Waals surface area contributed by atoms with Crippen molar-refractivity contribution in [2.75, 3.05) is 6.54 Å². The molecule has 2 aromatic rings. The van der Waals surface area contributed by atoms with E-state index in [1.54, 1.807) is 12.1 Å². The highest BCUT2D eigenvalue weighted by atomic mass is 16.3. The van der Waals surface area contributed by atoms with Gasteiger partial charge in [-0.1, -0.05) is 0 Å². The van der Waals surface area contributed by atoms with Gasteiger partial charge in [0.15, 0.2) is 11.4 Å². The highest BCUT2D eigenvalue weighted by molar-refractivity contribution is 5.55. The second-order valence-corrected chi connectivity index (χ2v) is 3.27. The quantitative estimate of drug-likeness (QED) is 0.739. The van der Waals surface area contributed by atoms with Gasteiger partial charge >= 0.3 is 0 Å². The van der Waals surface area contributed by atoms with E-state index in [1.807, 2.05) is 17.5 Å². The van der Waals surface area contributed by atoms with Crippen molar-refractivity contribution in [2.24, 2.45) is 5.73 Å². The van der Waals surface area contributed by atoms with Gasteiger partial charge in [0, 0.05) is 18.3 Å². The average molecular weight is 191 g/mol. The number of imidazole rings is 1. The van der Waals surface area contributed by atoms with Crippen molar-refractivity contribution in [2.45, 2.75) is 13.3 Å². The second kappa shape index (κ2) is 3.31. The van der Waals surface area contributed by atoms with Crippen LogP contribution in [-0.2, 0) is 6.42 Å². The van der Waals surface area contributed by atoms with E-state index in [4.69, 9.17) is 5.73 Å². The fourth-order valence-electron chi connectivity index (χ4n) is 1.59. The maximum Gasteiger partial charge on any atom is 0.179 e. The molecule has 2 heterocycles. The maximum absolute atomic E-state index is 9.56. The first-order chi connectivity index (χ1) is 6.74. The van der Waals surface area contributed by atoms with Gasteiger partial charge in [-0.05, 0) is 25.6 Å². The molecule has 14 heavy (non-hydrogen) atoms. The molecule has 0 atom stereocenters. The number of aromatic nitrogens is 2. The summed E-state index contributed by atoms with van der Waals surface area (Å²) < 4.78 is 1.88. The zero-order chi connectivity index (χ0) is 10.1. The van der Waals surface area contributed by atoms with Gasteiger partial charge in [-0.3, -0.25) is 0 Å². The van der Waals surface area contributed by atoms with E-state index >= 15 is 0 Å². The van der Waals surface area contributed by atoms with Gasteiger partial charge in [0.1, 0.15) is 0 Å². The molecule has 74 valence electrons. The Hall–Kier alpha value is -1.55. The van der Waals surface area contributed by atoms with Crippen molar-refractivity contribution < 1.29 is 5.11 Å². The number of fused-ring (bicyclic) bond motifs is 1. The summed E-state index contributed by atoms with van der Waals surface area (Å²) in [7, 11) is 0. The van der Waals surface area contributed by atoms with Crippen LogP contribution in [0.5, 0.6) is 5.75 Å². The lowest BCUT2D eigenvalue weighted by Crippen LogP contribution is -2.04. The second-order valence-electron chi connectivity index (χ2n) is 3.27. The minimum absolute atomic E-state index is 0.207. The molecule has 0 amide bonds. The van der Waals surface area contributed by atoms with E-state index in [2.05, 4.69) is 4.98 Å². The van der Waals surface area contributed by atoms with Gasteiger partial charge in [-0.15, -0.1) is 0 Å². The number of aromatic hydroxyl groups is 1. The van der Waals surface area contributed by atoms with Gasteiger partial charge in [-0.2, -0.15) is 0 Å². The monoisotopic (exact) mass is 191 g/mol. The van der Waals surface area contributed by atoms with Crippen molar-refractivity contribution >= 4 is 5.65 Å². The predicted octanol–water partition coefficient (Wildman–Crippen LogP) is 0.850. The molecule has 0 fully saturated rings. The molecule has 3 N–H and O–H groups in total. The van der Waals surface area contributed by atoms with Crippen molar-refractivity contribution in [3.63, 3.8) is 0 Å². The van der Waals surface area contributed by atoms with Gasteiger partial charge in [0.25, 0.3) is 0 Å². The number of hydrogen-bond donors (Lipinski definition) is 2. The van der Waals surface area contributed by atoms with Gasteiger partial charge < -0.3 is 15.2 Å². The van der Waals surface area contributed by atoms with Crippen molar-refractivity contribution in [1.29, 1.82) is 0 Å². The Labute approximate surface area is 82.0 Å². The zero-order valence-electron chi connectivity index (χ0n) is 8.07. The highest BCUT2D eigenvalue weighted by Gasteiger charge is 2.09. The Morgan fingerprint density at radius 2 is 2.36 bits per heavy atom. The van der Waals surface area contributed by atoms with E-state index in [9.17, 15) is 5.11 Å². The Balaban J connectivity index is 2.67. The van der Waals surface area contributed by atoms with E-state index < -0.39 is 0 Å². The average Bonchev–Trinajstić information content (AvgIpc) is 2.48. The van der Waals surface area contributed by atoms with Crippen molar-refractivity contribution in [3.8, 4) is 5.75 Å². The molecule has 0 aliphatic rings. The largest absolute Gasteiger partial charge is 0.504 e. The first kappa shape index (κ1) is 9.02. The Morgan fingerprint density at radius 3 is 3.00 bits per heavy atom. The number of rotatable bonds is 2.